The highest BCUT2D eigenvalue weighted by Gasteiger charge is 2.20. The van der Waals surface area contributed by atoms with E-state index in [1.165, 1.54) is 0 Å². The number of aromatic carboxylic acids is 1. The van der Waals surface area contributed by atoms with E-state index in [-0.39, 0.29) is 5.56 Å². The highest BCUT2D eigenvalue weighted by Crippen LogP contribution is 2.19. The van der Waals surface area contributed by atoms with Crippen molar-refractivity contribution in [2.75, 3.05) is 38.5 Å². The van der Waals surface area contributed by atoms with Crippen LogP contribution in [0.3, 0.4) is 0 Å². The van der Waals surface area contributed by atoms with E-state index >= 15 is 0 Å². The van der Waals surface area contributed by atoms with E-state index < -0.39 is 5.97 Å². The van der Waals surface area contributed by atoms with Gasteiger partial charge in [0.15, 0.2) is 0 Å². The van der Waals surface area contributed by atoms with Crippen LogP contribution in [-0.2, 0) is 6.54 Å². The largest absolute Gasteiger partial charge is 0.478 e. The first-order valence-electron chi connectivity index (χ1n) is 7.52. The number of nitrogens with zero attached hydrogens (tertiary/aromatic N) is 2. The van der Waals surface area contributed by atoms with Crippen molar-refractivity contribution >= 4 is 11.7 Å². The van der Waals surface area contributed by atoms with Crippen LogP contribution in [0.4, 0.5) is 5.69 Å². The predicted octanol–water partition coefficient (Wildman–Crippen LogP) is 1.74. The highest BCUT2D eigenvalue weighted by molar-refractivity contribution is 5.95. The number of carboxylic acids is 1. The fourth-order valence-electron chi connectivity index (χ4n) is 2.90. The van der Waals surface area contributed by atoms with Crippen molar-refractivity contribution in [3.8, 4) is 0 Å². The Balaban J connectivity index is 1.98. The van der Waals surface area contributed by atoms with Crippen LogP contribution in [0.25, 0.3) is 0 Å². The molecule has 0 aromatic heterocycles. The van der Waals surface area contributed by atoms with Crippen LogP contribution in [0.5, 0.6) is 0 Å². The fraction of sp³-hybridized carbons (Fsp3) is 0.562. The number of hydrogen-bond acceptors (Lipinski definition) is 4. The average Bonchev–Trinajstić information content (AvgIpc) is 2.40. The lowest BCUT2D eigenvalue weighted by molar-refractivity contribution is 0.0693. The first-order chi connectivity index (χ1) is 9.97. The molecule has 0 atom stereocenters. The van der Waals surface area contributed by atoms with Crippen molar-refractivity contribution in [2.45, 2.75) is 20.4 Å². The Morgan fingerprint density at radius 2 is 1.86 bits per heavy atom. The smallest absolute Gasteiger partial charge is 0.338 e. The predicted molar refractivity (Wildman–Crippen MR) is 84.4 cm³/mol. The minimum atomic E-state index is -0.943. The minimum absolute atomic E-state index is 0.252. The summed E-state index contributed by atoms with van der Waals surface area (Å²) in [4.78, 5) is 16.1. The Hall–Kier alpha value is -1.59. The number of anilines is 1. The molecule has 1 aliphatic heterocycles. The normalized spacial score (nSPS) is 17.3. The molecule has 5 nitrogen and oxygen atoms in total. The van der Waals surface area contributed by atoms with E-state index in [1.807, 2.05) is 12.1 Å². The molecule has 5 heteroatoms. The second-order valence-electron chi connectivity index (χ2n) is 6.16. The molecule has 1 fully saturated rings. The van der Waals surface area contributed by atoms with Gasteiger partial charge in [-0.1, -0.05) is 26.0 Å². The quantitative estimate of drug-likeness (QED) is 0.809. The van der Waals surface area contributed by atoms with Gasteiger partial charge in [-0.3, -0.25) is 4.90 Å². The van der Waals surface area contributed by atoms with Crippen LogP contribution in [0, 0.1) is 5.92 Å². The number of piperazine rings is 1. The number of nitrogens with two attached hydrogens (primary N) is 1. The molecule has 0 radical (unpaired) electrons. The SMILES string of the molecule is CC(C)CN1CCN(Cc2cccc(N)c2C(=O)O)CC1. The second kappa shape index (κ2) is 6.91. The summed E-state index contributed by atoms with van der Waals surface area (Å²) in [5.74, 6) is -0.259. The van der Waals surface area contributed by atoms with Gasteiger partial charge in [0.2, 0.25) is 0 Å². The number of carboxylic acid groups (broad SMARTS) is 1. The zero-order valence-electron chi connectivity index (χ0n) is 12.9. The zero-order chi connectivity index (χ0) is 15.4. The minimum Gasteiger partial charge on any atom is -0.478 e. The third-order valence-corrected chi connectivity index (χ3v) is 3.88. The Morgan fingerprint density at radius 3 is 2.43 bits per heavy atom. The number of benzene rings is 1. The molecule has 1 saturated heterocycles. The monoisotopic (exact) mass is 291 g/mol. The van der Waals surface area contributed by atoms with Gasteiger partial charge >= 0.3 is 5.97 Å². The molecule has 0 amide bonds. The van der Waals surface area contributed by atoms with E-state index in [1.54, 1.807) is 6.07 Å². The molecule has 21 heavy (non-hydrogen) atoms. The molecule has 0 bridgehead atoms. The Kier molecular flexibility index (Phi) is 5.20. The molecule has 0 saturated carbocycles. The first kappa shape index (κ1) is 15.8. The summed E-state index contributed by atoms with van der Waals surface area (Å²) in [6.45, 7) is 10.3. The van der Waals surface area contributed by atoms with Gasteiger partial charge in [-0.25, -0.2) is 4.79 Å². The van der Waals surface area contributed by atoms with E-state index in [4.69, 9.17) is 5.73 Å². The van der Waals surface area contributed by atoms with Gasteiger partial charge in [0.1, 0.15) is 0 Å². The molecule has 0 aliphatic carbocycles. The van der Waals surface area contributed by atoms with Gasteiger partial charge in [0.05, 0.1) is 5.56 Å². The summed E-state index contributed by atoms with van der Waals surface area (Å²) in [5.41, 5.74) is 7.20. The first-order valence-corrected chi connectivity index (χ1v) is 7.52. The Morgan fingerprint density at radius 1 is 1.24 bits per heavy atom. The number of nitrogen functional groups attached to an aromatic ring is 1. The number of carbonyl (C=O) groups is 1. The Bertz CT molecular complexity index is 494. The molecule has 2 rings (SSSR count). The highest BCUT2D eigenvalue weighted by atomic mass is 16.4. The zero-order valence-corrected chi connectivity index (χ0v) is 12.9. The maximum atomic E-state index is 11.4. The van der Waals surface area contributed by atoms with Gasteiger partial charge in [-0.15, -0.1) is 0 Å². The van der Waals surface area contributed by atoms with Crippen LogP contribution >= 0.6 is 0 Å². The van der Waals surface area contributed by atoms with Gasteiger partial charge in [-0.05, 0) is 17.5 Å². The maximum absolute atomic E-state index is 11.4. The average molecular weight is 291 g/mol. The maximum Gasteiger partial charge on any atom is 0.338 e. The number of rotatable bonds is 5. The Labute approximate surface area is 126 Å². The molecule has 1 heterocycles. The van der Waals surface area contributed by atoms with E-state index in [0.29, 0.717) is 18.2 Å². The third kappa shape index (κ3) is 4.19. The molecule has 0 spiro atoms. The fourth-order valence-corrected chi connectivity index (χ4v) is 2.90. The molecule has 3 N–H and O–H groups in total. The van der Waals surface area contributed by atoms with Crippen LogP contribution in [0.15, 0.2) is 18.2 Å². The summed E-state index contributed by atoms with van der Waals surface area (Å²) in [6, 6.07) is 5.33. The van der Waals surface area contributed by atoms with E-state index in [0.717, 1.165) is 38.3 Å². The van der Waals surface area contributed by atoms with Crippen molar-refractivity contribution in [1.29, 1.82) is 0 Å². The summed E-state index contributed by atoms with van der Waals surface area (Å²) in [7, 11) is 0. The molecule has 1 aromatic rings. The molecule has 116 valence electrons. The molecule has 0 unspecified atom stereocenters. The van der Waals surface area contributed by atoms with Gasteiger partial charge in [0, 0.05) is 45.0 Å². The molecular formula is C16H25N3O2. The lowest BCUT2D eigenvalue weighted by atomic mass is 10.0. The van der Waals surface area contributed by atoms with Gasteiger partial charge in [-0.2, -0.15) is 0 Å². The topological polar surface area (TPSA) is 69.8 Å². The summed E-state index contributed by atoms with van der Waals surface area (Å²) in [5, 5.41) is 9.31. The van der Waals surface area contributed by atoms with Crippen LogP contribution in [0.2, 0.25) is 0 Å². The standard InChI is InChI=1S/C16H25N3O2/c1-12(2)10-18-6-8-19(9-7-18)11-13-4-3-5-14(17)15(13)16(20)21/h3-5,12H,6-11,17H2,1-2H3,(H,20,21). The van der Waals surface area contributed by atoms with Crippen molar-refractivity contribution in [3.05, 3.63) is 29.3 Å². The van der Waals surface area contributed by atoms with Crippen LogP contribution in [0.1, 0.15) is 29.8 Å². The van der Waals surface area contributed by atoms with E-state index in [9.17, 15) is 9.90 Å². The van der Waals surface area contributed by atoms with Crippen molar-refractivity contribution in [2.24, 2.45) is 5.92 Å². The summed E-state index contributed by atoms with van der Waals surface area (Å²) >= 11 is 0. The van der Waals surface area contributed by atoms with Crippen molar-refractivity contribution in [1.82, 2.24) is 9.80 Å². The van der Waals surface area contributed by atoms with Gasteiger partial charge < -0.3 is 15.7 Å². The lowest BCUT2D eigenvalue weighted by Gasteiger charge is -2.35. The second-order valence-corrected chi connectivity index (χ2v) is 6.16. The molecule has 1 aliphatic rings. The number of hydrogen-bond donors (Lipinski definition) is 2. The molecule has 1 aromatic carbocycles. The van der Waals surface area contributed by atoms with Crippen molar-refractivity contribution in [3.63, 3.8) is 0 Å². The van der Waals surface area contributed by atoms with Crippen molar-refractivity contribution < 1.29 is 9.90 Å². The van der Waals surface area contributed by atoms with E-state index in [2.05, 4.69) is 23.6 Å². The lowest BCUT2D eigenvalue weighted by Crippen LogP contribution is -2.47. The third-order valence-electron chi connectivity index (χ3n) is 3.88. The van der Waals surface area contributed by atoms with Crippen LogP contribution < -0.4 is 5.73 Å². The molecular weight excluding hydrogens is 266 g/mol. The van der Waals surface area contributed by atoms with Crippen LogP contribution in [-0.4, -0.2) is 53.6 Å². The summed E-state index contributed by atoms with van der Waals surface area (Å²) in [6.07, 6.45) is 0. The summed E-state index contributed by atoms with van der Waals surface area (Å²) < 4.78 is 0. The van der Waals surface area contributed by atoms with Gasteiger partial charge in [0.25, 0.3) is 0 Å².